The number of nitrogens with one attached hydrogen (secondary N) is 1. The number of nitrogens with zero attached hydrogens (tertiary/aromatic N) is 3. The summed E-state index contributed by atoms with van der Waals surface area (Å²) >= 11 is 1.24. The van der Waals surface area contributed by atoms with E-state index in [1.165, 1.54) is 11.5 Å². The molecule has 24 heavy (non-hydrogen) atoms. The molecule has 1 aromatic carbocycles. The summed E-state index contributed by atoms with van der Waals surface area (Å²) in [6.45, 7) is 3.24. The molecule has 1 aromatic heterocycles. The Kier molecular flexibility index (Phi) is 4.79. The molecule has 0 atom stereocenters. The lowest BCUT2D eigenvalue weighted by Crippen LogP contribution is -2.36. The van der Waals surface area contributed by atoms with Crippen molar-refractivity contribution in [1.82, 2.24) is 4.37 Å². The van der Waals surface area contributed by atoms with Gasteiger partial charge in [0.1, 0.15) is 6.07 Å². The van der Waals surface area contributed by atoms with Gasteiger partial charge in [-0.3, -0.25) is 4.79 Å². The summed E-state index contributed by atoms with van der Waals surface area (Å²) in [4.78, 5) is 14.4. The standard InChI is InChI=1S/C17H18N4O2S/c1-11-15(10-24-20-11)17(23)19-13-2-3-16(12(8-13)9-18)21-6-4-14(22)5-7-21/h2-3,8,10,14,22H,4-7H2,1H3,(H,19,23). The zero-order valence-electron chi connectivity index (χ0n) is 13.3. The largest absolute Gasteiger partial charge is 0.393 e. The minimum Gasteiger partial charge on any atom is -0.393 e. The molecule has 1 saturated heterocycles. The molecule has 1 fully saturated rings. The zero-order chi connectivity index (χ0) is 17.1. The van der Waals surface area contributed by atoms with Crippen LogP contribution < -0.4 is 10.2 Å². The lowest BCUT2D eigenvalue weighted by Gasteiger charge is -2.32. The fraction of sp³-hybridized carbons (Fsp3) is 0.353. The van der Waals surface area contributed by atoms with Crippen LogP contribution in [0.3, 0.4) is 0 Å². The van der Waals surface area contributed by atoms with Crippen LogP contribution in [0, 0.1) is 18.3 Å². The Morgan fingerprint density at radius 2 is 2.21 bits per heavy atom. The third kappa shape index (κ3) is 3.40. The van der Waals surface area contributed by atoms with Crippen molar-refractivity contribution in [2.75, 3.05) is 23.3 Å². The van der Waals surface area contributed by atoms with E-state index in [1.54, 1.807) is 24.4 Å². The van der Waals surface area contributed by atoms with Gasteiger partial charge in [-0.05, 0) is 49.5 Å². The van der Waals surface area contributed by atoms with Crippen LogP contribution in [0.2, 0.25) is 0 Å². The predicted molar refractivity (Wildman–Crippen MR) is 93.4 cm³/mol. The van der Waals surface area contributed by atoms with Crippen LogP contribution in [0.15, 0.2) is 23.6 Å². The second-order valence-corrected chi connectivity index (χ2v) is 6.46. The van der Waals surface area contributed by atoms with Gasteiger partial charge < -0.3 is 15.3 Å². The van der Waals surface area contributed by atoms with Crippen LogP contribution >= 0.6 is 11.5 Å². The zero-order valence-corrected chi connectivity index (χ0v) is 14.1. The third-order valence-electron chi connectivity index (χ3n) is 4.17. The number of nitriles is 1. The second kappa shape index (κ2) is 6.99. The molecular formula is C17H18N4O2S. The highest BCUT2D eigenvalue weighted by Gasteiger charge is 2.20. The van der Waals surface area contributed by atoms with Gasteiger partial charge in [-0.25, -0.2) is 0 Å². The highest BCUT2D eigenvalue weighted by Crippen LogP contribution is 2.27. The summed E-state index contributed by atoms with van der Waals surface area (Å²) in [7, 11) is 0. The lowest BCUT2D eigenvalue weighted by molar-refractivity contribution is 0.102. The monoisotopic (exact) mass is 342 g/mol. The van der Waals surface area contributed by atoms with E-state index in [4.69, 9.17) is 0 Å². The second-order valence-electron chi connectivity index (χ2n) is 5.83. The van der Waals surface area contributed by atoms with Crippen molar-refractivity contribution in [2.45, 2.75) is 25.9 Å². The molecule has 2 aromatic rings. The maximum absolute atomic E-state index is 12.3. The molecule has 3 rings (SSSR count). The summed E-state index contributed by atoms with van der Waals surface area (Å²) < 4.78 is 4.10. The summed E-state index contributed by atoms with van der Waals surface area (Å²) in [5, 5.41) is 23.6. The normalized spacial score (nSPS) is 15.1. The Morgan fingerprint density at radius 3 is 2.83 bits per heavy atom. The van der Waals surface area contributed by atoms with E-state index < -0.39 is 0 Å². The number of aryl methyl sites for hydroxylation is 1. The SMILES string of the molecule is Cc1nscc1C(=O)Nc1ccc(N2CCC(O)CC2)c(C#N)c1. The number of aromatic nitrogens is 1. The summed E-state index contributed by atoms with van der Waals surface area (Å²) in [5.74, 6) is -0.223. The number of carbonyl (C=O) groups is 1. The third-order valence-corrected chi connectivity index (χ3v) is 4.90. The Hall–Kier alpha value is -2.43. The number of rotatable bonds is 3. The molecule has 1 amide bonds. The topological polar surface area (TPSA) is 89.2 Å². The quantitative estimate of drug-likeness (QED) is 0.895. The minimum atomic E-state index is -0.257. The molecule has 124 valence electrons. The van der Waals surface area contributed by atoms with E-state index in [2.05, 4.69) is 20.7 Å². The van der Waals surface area contributed by atoms with Crippen LogP contribution in [-0.2, 0) is 0 Å². The van der Waals surface area contributed by atoms with Crippen LogP contribution in [0.5, 0.6) is 0 Å². The van der Waals surface area contributed by atoms with Crippen molar-refractivity contribution in [3.05, 3.63) is 40.4 Å². The van der Waals surface area contributed by atoms with Gasteiger partial charge in [0, 0.05) is 24.2 Å². The molecule has 6 nitrogen and oxygen atoms in total. The van der Waals surface area contributed by atoms with Gasteiger partial charge in [0.2, 0.25) is 0 Å². The van der Waals surface area contributed by atoms with Gasteiger partial charge in [0.05, 0.1) is 28.6 Å². The number of aliphatic hydroxyl groups is 1. The van der Waals surface area contributed by atoms with Crippen molar-refractivity contribution in [3.63, 3.8) is 0 Å². The molecule has 0 unspecified atom stereocenters. The molecule has 2 heterocycles. The molecule has 1 aliphatic heterocycles. The van der Waals surface area contributed by atoms with E-state index in [0.29, 0.717) is 35.3 Å². The minimum absolute atomic E-state index is 0.223. The summed E-state index contributed by atoms with van der Waals surface area (Å²) in [6.07, 6.45) is 1.15. The number of piperidine rings is 1. The first-order valence-corrected chi connectivity index (χ1v) is 8.61. The van der Waals surface area contributed by atoms with E-state index in [9.17, 15) is 15.2 Å². The molecule has 0 aliphatic carbocycles. The van der Waals surface area contributed by atoms with Crippen molar-refractivity contribution in [3.8, 4) is 6.07 Å². The van der Waals surface area contributed by atoms with Crippen LogP contribution in [0.1, 0.15) is 34.5 Å². The first kappa shape index (κ1) is 16.4. The fourth-order valence-electron chi connectivity index (χ4n) is 2.79. The summed E-state index contributed by atoms with van der Waals surface area (Å²) in [6, 6.07) is 7.54. The Bertz CT molecular complexity index is 788. The Balaban J connectivity index is 1.78. The molecule has 0 radical (unpaired) electrons. The van der Waals surface area contributed by atoms with Crippen molar-refractivity contribution in [1.29, 1.82) is 5.26 Å². The summed E-state index contributed by atoms with van der Waals surface area (Å²) in [5.41, 5.74) is 3.19. The maximum atomic E-state index is 12.3. The smallest absolute Gasteiger partial charge is 0.258 e. The van der Waals surface area contributed by atoms with E-state index >= 15 is 0 Å². The van der Waals surface area contributed by atoms with Crippen LogP contribution in [-0.4, -0.2) is 34.6 Å². The first-order chi connectivity index (χ1) is 11.6. The molecule has 0 saturated carbocycles. The maximum Gasteiger partial charge on any atom is 0.258 e. The van der Waals surface area contributed by atoms with Gasteiger partial charge in [-0.2, -0.15) is 9.64 Å². The van der Waals surface area contributed by atoms with Gasteiger partial charge in [-0.1, -0.05) is 0 Å². The van der Waals surface area contributed by atoms with Crippen molar-refractivity contribution < 1.29 is 9.90 Å². The predicted octanol–water partition coefficient (Wildman–Crippen LogP) is 2.54. The van der Waals surface area contributed by atoms with Gasteiger partial charge >= 0.3 is 0 Å². The average Bonchev–Trinajstić information content (AvgIpc) is 3.02. The molecule has 2 N–H and O–H groups in total. The van der Waals surface area contributed by atoms with Crippen molar-refractivity contribution in [2.24, 2.45) is 0 Å². The number of amides is 1. The van der Waals surface area contributed by atoms with Crippen LogP contribution in [0.25, 0.3) is 0 Å². The number of carbonyl (C=O) groups excluding carboxylic acids is 1. The van der Waals surface area contributed by atoms with Gasteiger partial charge in [-0.15, -0.1) is 0 Å². The number of hydrogen-bond donors (Lipinski definition) is 2. The highest BCUT2D eigenvalue weighted by molar-refractivity contribution is 7.04. The molecule has 1 aliphatic rings. The Labute approximate surface area is 144 Å². The van der Waals surface area contributed by atoms with E-state index in [0.717, 1.165) is 18.8 Å². The average molecular weight is 342 g/mol. The molecule has 7 heteroatoms. The molecule has 0 spiro atoms. The van der Waals surface area contributed by atoms with Crippen molar-refractivity contribution >= 4 is 28.8 Å². The first-order valence-electron chi connectivity index (χ1n) is 7.78. The van der Waals surface area contributed by atoms with Gasteiger partial charge in [0.25, 0.3) is 5.91 Å². The van der Waals surface area contributed by atoms with Crippen LogP contribution in [0.4, 0.5) is 11.4 Å². The lowest BCUT2D eigenvalue weighted by atomic mass is 10.0. The number of anilines is 2. The Morgan fingerprint density at radius 1 is 1.46 bits per heavy atom. The van der Waals surface area contributed by atoms with Gasteiger partial charge in [0.15, 0.2) is 0 Å². The number of hydrogen-bond acceptors (Lipinski definition) is 6. The highest BCUT2D eigenvalue weighted by atomic mass is 32.1. The molecule has 0 bridgehead atoms. The molecular weight excluding hydrogens is 324 g/mol. The van der Waals surface area contributed by atoms with E-state index in [1.807, 2.05) is 6.07 Å². The van der Waals surface area contributed by atoms with E-state index in [-0.39, 0.29) is 12.0 Å². The fourth-order valence-corrected chi connectivity index (χ4v) is 3.49. The number of aliphatic hydroxyl groups excluding tert-OH is 1. The number of benzene rings is 1.